The Hall–Kier alpha value is -2.12. The van der Waals surface area contributed by atoms with E-state index in [4.69, 9.17) is 4.74 Å². The van der Waals surface area contributed by atoms with E-state index in [2.05, 4.69) is 39.6 Å². The number of hydrogen-bond acceptors (Lipinski definition) is 4. The number of amides is 2. The van der Waals surface area contributed by atoms with Crippen LogP contribution in [0.4, 0.5) is 10.5 Å². The maximum Gasteiger partial charge on any atom is 0.319 e. The van der Waals surface area contributed by atoms with E-state index in [9.17, 15) is 4.79 Å². The summed E-state index contributed by atoms with van der Waals surface area (Å²) in [6.45, 7) is 7.27. The molecule has 3 N–H and O–H groups in total. The zero-order valence-corrected chi connectivity index (χ0v) is 16.1. The molecule has 3 heterocycles. The number of hydrogen-bond donors (Lipinski definition) is 3. The molecule has 1 spiro atoms. The smallest absolute Gasteiger partial charge is 0.319 e. The van der Waals surface area contributed by atoms with Crippen molar-refractivity contribution in [1.82, 2.24) is 20.4 Å². The first-order valence-electron chi connectivity index (χ1n) is 9.93. The highest BCUT2D eigenvalue weighted by atomic mass is 16.5. The fourth-order valence-corrected chi connectivity index (χ4v) is 4.25. The maximum absolute atomic E-state index is 12.2. The number of urea groups is 1. The first-order chi connectivity index (χ1) is 13.0. The summed E-state index contributed by atoms with van der Waals surface area (Å²) < 4.78 is 6.38. The Morgan fingerprint density at radius 2 is 2.19 bits per heavy atom. The monoisotopic (exact) mass is 371 g/mol. The topological polar surface area (TPSA) is 82.3 Å². The summed E-state index contributed by atoms with van der Waals surface area (Å²) >= 11 is 0. The molecular weight excluding hydrogens is 342 g/mol. The van der Waals surface area contributed by atoms with E-state index >= 15 is 0 Å². The molecule has 1 atom stereocenters. The van der Waals surface area contributed by atoms with Gasteiger partial charge in [0.15, 0.2) is 0 Å². The lowest BCUT2D eigenvalue weighted by Gasteiger charge is -2.40. The van der Waals surface area contributed by atoms with Crippen molar-refractivity contribution in [2.75, 3.05) is 25.0 Å². The first kappa shape index (κ1) is 18.3. The Bertz CT molecular complexity index is 795. The number of carbonyl (C=O) groups is 1. The van der Waals surface area contributed by atoms with Crippen LogP contribution < -0.4 is 10.6 Å². The SMILES string of the molecule is CC(C)N1CCC2(CC[C@H](CNC(=O)Nc3ccc4cn[nH]c4c3)O2)CC1. The molecule has 0 radical (unpaired) electrons. The molecule has 2 fully saturated rings. The fraction of sp³-hybridized carbons (Fsp3) is 0.600. The molecule has 1 aromatic heterocycles. The normalized spacial score (nSPS) is 22.6. The number of fused-ring (bicyclic) bond motifs is 1. The van der Waals surface area contributed by atoms with Crippen molar-refractivity contribution in [1.29, 1.82) is 0 Å². The van der Waals surface area contributed by atoms with E-state index in [0.29, 0.717) is 12.6 Å². The third-order valence-electron chi connectivity index (χ3n) is 5.97. The molecule has 146 valence electrons. The molecule has 0 saturated carbocycles. The summed E-state index contributed by atoms with van der Waals surface area (Å²) in [6.07, 6.45) is 6.18. The molecule has 2 aliphatic rings. The fourth-order valence-electron chi connectivity index (χ4n) is 4.25. The van der Waals surface area contributed by atoms with Crippen LogP contribution in [0, 0.1) is 0 Å². The van der Waals surface area contributed by atoms with Crippen LogP contribution in [0.2, 0.25) is 0 Å². The molecule has 2 saturated heterocycles. The number of likely N-dealkylation sites (tertiary alicyclic amines) is 1. The maximum atomic E-state index is 12.2. The number of nitrogens with zero attached hydrogens (tertiary/aromatic N) is 2. The lowest BCUT2D eigenvalue weighted by Crippen LogP contribution is -2.47. The molecule has 2 amide bonds. The second kappa shape index (κ2) is 7.48. The van der Waals surface area contributed by atoms with Gasteiger partial charge in [-0.3, -0.25) is 5.10 Å². The number of aromatic amines is 1. The molecular formula is C20H29N5O2. The predicted molar refractivity (Wildman–Crippen MR) is 106 cm³/mol. The van der Waals surface area contributed by atoms with E-state index < -0.39 is 0 Å². The summed E-state index contributed by atoms with van der Waals surface area (Å²) in [6, 6.07) is 6.09. The third kappa shape index (κ3) is 4.09. The number of piperidine rings is 1. The molecule has 2 aliphatic heterocycles. The van der Waals surface area contributed by atoms with Crippen LogP contribution >= 0.6 is 0 Å². The number of anilines is 1. The Balaban J connectivity index is 1.24. The highest BCUT2D eigenvalue weighted by Gasteiger charge is 2.42. The van der Waals surface area contributed by atoms with Gasteiger partial charge in [0.05, 0.1) is 23.4 Å². The lowest BCUT2D eigenvalue weighted by atomic mass is 9.88. The number of carbonyl (C=O) groups excluding carboxylic acids is 1. The molecule has 27 heavy (non-hydrogen) atoms. The summed E-state index contributed by atoms with van der Waals surface area (Å²) in [5.41, 5.74) is 1.68. The summed E-state index contributed by atoms with van der Waals surface area (Å²) in [7, 11) is 0. The summed E-state index contributed by atoms with van der Waals surface area (Å²) in [4.78, 5) is 14.7. The molecule has 1 aromatic carbocycles. The Morgan fingerprint density at radius 3 is 2.96 bits per heavy atom. The van der Waals surface area contributed by atoms with Gasteiger partial charge in [-0.1, -0.05) is 0 Å². The molecule has 0 bridgehead atoms. The van der Waals surface area contributed by atoms with Gasteiger partial charge in [-0.15, -0.1) is 0 Å². The standard InChI is InChI=1S/C20H29N5O2/c1-14(2)25-9-7-20(8-10-25)6-5-17(27-20)13-21-19(26)23-16-4-3-15-12-22-24-18(15)11-16/h3-4,11-12,14,17H,5-10,13H2,1-2H3,(H,22,24)(H2,21,23,26)/t17-/m1/s1. The van der Waals surface area contributed by atoms with Gasteiger partial charge in [-0.05, 0) is 57.7 Å². The van der Waals surface area contributed by atoms with Crippen molar-refractivity contribution < 1.29 is 9.53 Å². The van der Waals surface area contributed by atoms with Gasteiger partial charge < -0.3 is 20.3 Å². The zero-order chi connectivity index (χ0) is 18.9. The average molecular weight is 371 g/mol. The Kier molecular flexibility index (Phi) is 5.06. The lowest BCUT2D eigenvalue weighted by molar-refractivity contribution is -0.0786. The summed E-state index contributed by atoms with van der Waals surface area (Å²) in [5.74, 6) is 0. The largest absolute Gasteiger partial charge is 0.370 e. The van der Waals surface area contributed by atoms with E-state index in [1.54, 1.807) is 6.20 Å². The highest BCUT2D eigenvalue weighted by molar-refractivity contribution is 5.92. The molecule has 7 nitrogen and oxygen atoms in total. The van der Waals surface area contributed by atoms with Crippen LogP contribution in [0.25, 0.3) is 10.9 Å². The molecule has 2 aromatic rings. The second-order valence-electron chi connectivity index (χ2n) is 8.10. The van der Waals surface area contributed by atoms with E-state index in [1.165, 1.54) is 0 Å². The van der Waals surface area contributed by atoms with E-state index in [0.717, 1.165) is 55.4 Å². The van der Waals surface area contributed by atoms with Crippen LogP contribution in [0.1, 0.15) is 39.5 Å². The number of rotatable bonds is 4. The molecule has 7 heteroatoms. The Morgan fingerprint density at radius 1 is 1.37 bits per heavy atom. The quantitative estimate of drug-likeness (QED) is 0.771. The van der Waals surface area contributed by atoms with Crippen LogP contribution in [-0.4, -0.2) is 58.5 Å². The molecule has 0 unspecified atom stereocenters. The predicted octanol–water partition coefficient (Wildman–Crippen LogP) is 3.11. The average Bonchev–Trinajstić information content (AvgIpc) is 3.27. The van der Waals surface area contributed by atoms with Crippen LogP contribution in [0.15, 0.2) is 24.4 Å². The van der Waals surface area contributed by atoms with Gasteiger partial charge in [-0.2, -0.15) is 5.10 Å². The minimum Gasteiger partial charge on any atom is -0.370 e. The van der Waals surface area contributed by atoms with Crippen molar-refractivity contribution in [3.63, 3.8) is 0 Å². The van der Waals surface area contributed by atoms with Crippen molar-refractivity contribution in [2.24, 2.45) is 0 Å². The van der Waals surface area contributed by atoms with Crippen molar-refractivity contribution in [3.8, 4) is 0 Å². The van der Waals surface area contributed by atoms with Crippen molar-refractivity contribution >= 4 is 22.6 Å². The van der Waals surface area contributed by atoms with E-state index in [-0.39, 0.29) is 17.7 Å². The van der Waals surface area contributed by atoms with Crippen LogP contribution in [0.5, 0.6) is 0 Å². The van der Waals surface area contributed by atoms with Gasteiger partial charge in [-0.25, -0.2) is 4.79 Å². The molecule has 4 rings (SSSR count). The van der Waals surface area contributed by atoms with Crippen molar-refractivity contribution in [2.45, 2.75) is 57.3 Å². The third-order valence-corrected chi connectivity index (χ3v) is 5.97. The van der Waals surface area contributed by atoms with E-state index in [1.807, 2.05) is 18.2 Å². The number of H-pyrrole nitrogens is 1. The summed E-state index contributed by atoms with van der Waals surface area (Å²) in [5, 5.41) is 13.8. The minimum atomic E-state index is -0.201. The Labute approximate surface area is 159 Å². The number of aromatic nitrogens is 2. The molecule has 0 aliphatic carbocycles. The van der Waals surface area contributed by atoms with Crippen molar-refractivity contribution in [3.05, 3.63) is 24.4 Å². The number of benzene rings is 1. The second-order valence-corrected chi connectivity index (χ2v) is 8.10. The minimum absolute atomic E-state index is 0.0276. The first-order valence-corrected chi connectivity index (χ1v) is 9.93. The van der Waals surface area contributed by atoms with Gasteiger partial charge in [0.1, 0.15) is 0 Å². The van der Waals surface area contributed by atoms with Gasteiger partial charge in [0.25, 0.3) is 0 Å². The van der Waals surface area contributed by atoms with Crippen LogP contribution in [0.3, 0.4) is 0 Å². The van der Waals surface area contributed by atoms with Gasteiger partial charge in [0, 0.05) is 36.7 Å². The van der Waals surface area contributed by atoms with Gasteiger partial charge in [0.2, 0.25) is 0 Å². The zero-order valence-electron chi connectivity index (χ0n) is 16.1. The number of ether oxygens (including phenoxy) is 1. The van der Waals surface area contributed by atoms with Crippen LogP contribution in [-0.2, 0) is 4.74 Å². The van der Waals surface area contributed by atoms with Gasteiger partial charge >= 0.3 is 6.03 Å². The number of nitrogens with one attached hydrogen (secondary N) is 3. The highest BCUT2D eigenvalue weighted by Crippen LogP contribution is 2.39.